The molecule has 0 saturated carbocycles. The van der Waals surface area contributed by atoms with Crippen LogP contribution in [0.3, 0.4) is 0 Å². The highest BCUT2D eigenvalue weighted by atomic mass is 32.2. The average molecular weight is 423 g/mol. The molecule has 0 saturated heterocycles. The van der Waals surface area contributed by atoms with Gasteiger partial charge in [0.2, 0.25) is 10.0 Å². The van der Waals surface area contributed by atoms with E-state index in [-0.39, 0.29) is 0 Å². The number of unbranched alkanes of at least 4 members (excludes halogenated alkanes) is 1. The largest absolute Gasteiger partial charge is 0.300 e. The summed E-state index contributed by atoms with van der Waals surface area (Å²) in [4.78, 5) is 2.64. The molecule has 156 valence electrons. The number of thiophene rings is 1. The number of benzene rings is 1. The van der Waals surface area contributed by atoms with Gasteiger partial charge in [-0.1, -0.05) is 32.4 Å². The fourth-order valence-corrected chi connectivity index (χ4v) is 4.87. The predicted octanol–water partition coefficient (Wildman–Crippen LogP) is 5.18. The number of rotatable bonds is 13. The van der Waals surface area contributed by atoms with E-state index in [4.69, 9.17) is 0 Å². The first-order valence-corrected chi connectivity index (χ1v) is 13.1. The van der Waals surface area contributed by atoms with Crippen LogP contribution in [-0.4, -0.2) is 38.7 Å². The second-order valence-corrected chi connectivity index (χ2v) is 9.96. The lowest BCUT2D eigenvalue weighted by atomic mass is 10.0. The fraction of sp³-hybridized carbons (Fsp3) is 0.545. The van der Waals surface area contributed by atoms with Crippen LogP contribution in [0.1, 0.15) is 50.7 Å². The summed E-state index contributed by atoms with van der Waals surface area (Å²) in [6.07, 6.45) is 8.15. The number of nitrogens with zero attached hydrogens (tertiary/aromatic N) is 1. The second-order valence-electron chi connectivity index (χ2n) is 7.44. The van der Waals surface area contributed by atoms with Crippen molar-refractivity contribution in [2.75, 3.05) is 24.1 Å². The first kappa shape index (κ1) is 22.9. The Bertz CT molecular complexity index is 771. The molecule has 6 heteroatoms. The van der Waals surface area contributed by atoms with Crippen LogP contribution in [0.2, 0.25) is 0 Å². The van der Waals surface area contributed by atoms with Gasteiger partial charge in [0.1, 0.15) is 0 Å². The molecule has 1 N–H and O–H groups in total. The molecular formula is C22H34N2O2S2. The van der Waals surface area contributed by atoms with E-state index in [1.165, 1.54) is 36.6 Å². The van der Waals surface area contributed by atoms with E-state index >= 15 is 0 Å². The Balaban J connectivity index is 1.79. The molecule has 1 aromatic heterocycles. The first-order chi connectivity index (χ1) is 13.4. The molecule has 0 fully saturated rings. The smallest absolute Gasteiger partial charge is 0.229 e. The molecule has 0 spiro atoms. The van der Waals surface area contributed by atoms with E-state index in [9.17, 15) is 8.42 Å². The molecule has 0 aliphatic heterocycles. The van der Waals surface area contributed by atoms with Crippen LogP contribution in [-0.2, 0) is 22.9 Å². The highest BCUT2D eigenvalue weighted by Gasteiger charge is 2.16. The lowest BCUT2D eigenvalue weighted by Crippen LogP contribution is -2.37. The van der Waals surface area contributed by atoms with Crippen LogP contribution in [0, 0.1) is 0 Å². The van der Waals surface area contributed by atoms with Gasteiger partial charge in [0.25, 0.3) is 0 Å². The van der Waals surface area contributed by atoms with Gasteiger partial charge in [0.15, 0.2) is 0 Å². The summed E-state index contributed by atoms with van der Waals surface area (Å²) in [6, 6.07) is 10.6. The monoisotopic (exact) mass is 422 g/mol. The topological polar surface area (TPSA) is 49.4 Å². The van der Waals surface area contributed by atoms with E-state index in [1.807, 2.05) is 24.3 Å². The third kappa shape index (κ3) is 8.33. The SMILES string of the molecule is CCCC(Cc1ccsc1)N(CC)CCCCc1ccc(NS(C)(=O)=O)cc1. The van der Waals surface area contributed by atoms with Crippen LogP contribution >= 0.6 is 11.3 Å². The quantitative estimate of drug-likeness (QED) is 0.453. The molecule has 0 aliphatic carbocycles. The average Bonchev–Trinajstić information content (AvgIpc) is 3.15. The summed E-state index contributed by atoms with van der Waals surface area (Å²) in [5.41, 5.74) is 3.34. The minimum absolute atomic E-state index is 0.624. The molecule has 2 aromatic rings. The van der Waals surface area contributed by atoms with Crippen molar-refractivity contribution in [3.05, 3.63) is 52.2 Å². The number of anilines is 1. The molecule has 2 rings (SSSR count). The third-order valence-corrected chi connectivity index (χ3v) is 6.35. The molecule has 1 aromatic carbocycles. The number of hydrogen-bond donors (Lipinski definition) is 1. The van der Waals surface area contributed by atoms with Crippen LogP contribution in [0.5, 0.6) is 0 Å². The molecule has 1 unspecified atom stereocenters. The predicted molar refractivity (Wildman–Crippen MR) is 122 cm³/mol. The van der Waals surface area contributed by atoms with Crippen LogP contribution in [0.15, 0.2) is 41.1 Å². The Morgan fingerprint density at radius 2 is 1.82 bits per heavy atom. The van der Waals surface area contributed by atoms with Gasteiger partial charge in [-0.2, -0.15) is 11.3 Å². The zero-order valence-corrected chi connectivity index (χ0v) is 19.0. The van der Waals surface area contributed by atoms with Crippen molar-refractivity contribution >= 4 is 27.0 Å². The van der Waals surface area contributed by atoms with Crippen LogP contribution in [0.25, 0.3) is 0 Å². The Hall–Kier alpha value is -1.37. The van der Waals surface area contributed by atoms with Gasteiger partial charge in [-0.05, 0) is 85.3 Å². The molecule has 1 atom stereocenters. The van der Waals surface area contributed by atoms with E-state index in [0.29, 0.717) is 11.7 Å². The van der Waals surface area contributed by atoms with Gasteiger partial charge in [-0.25, -0.2) is 8.42 Å². The van der Waals surface area contributed by atoms with Gasteiger partial charge >= 0.3 is 0 Å². The Morgan fingerprint density at radius 3 is 2.39 bits per heavy atom. The number of aryl methyl sites for hydroxylation is 1. The lowest BCUT2D eigenvalue weighted by molar-refractivity contribution is 0.190. The molecule has 4 nitrogen and oxygen atoms in total. The zero-order valence-electron chi connectivity index (χ0n) is 17.4. The number of nitrogens with one attached hydrogen (secondary N) is 1. The lowest BCUT2D eigenvalue weighted by Gasteiger charge is -2.30. The molecule has 0 radical (unpaired) electrons. The number of likely N-dealkylation sites (N-methyl/N-ethyl adjacent to an activating group) is 1. The summed E-state index contributed by atoms with van der Waals surface area (Å²) in [7, 11) is -3.21. The molecule has 1 heterocycles. The van der Waals surface area contributed by atoms with Gasteiger partial charge in [0, 0.05) is 11.7 Å². The van der Waals surface area contributed by atoms with Crippen molar-refractivity contribution in [2.45, 2.75) is 58.4 Å². The van der Waals surface area contributed by atoms with Gasteiger partial charge < -0.3 is 4.90 Å². The standard InChI is InChI=1S/C22H34N2O2S2/c1-4-8-22(17-20-14-16-27-18-20)24(5-2)15-7-6-9-19-10-12-21(13-11-19)23-28(3,25)26/h10-14,16,18,22-23H,4-9,15,17H2,1-3H3. The van der Waals surface area contributed by atoms with Crippen molar-refractivity contribution in [1.82, 2.24) is 4.90 Å². The second kappa shape index (κ2) is 11.6. The van der Waals surface area contributed by atoms with Crippen molar-refractivity contribution in [1.29, 1.82) is 0 Å². The van der Waals surface area contributed by atoms with Crippen LogP contribution < -0.4 is 4.72 Å². The maximum Gasteiger partial charge on any atom is 0.229 e. The van der Waals surface area contributed by atoms with Crippen molar-refractivity contribution in [2.24, 2.45) is 0 Å². The minimum Gasteiger partial charge on any atom is -0.300 e. The van der Waals surface area contributed by atoms with E-state index in [2.05, 4.69) is 40.3 Å². The van der Waals surface area contributed by atoms with E-state index in [1.54, 1.807) is 11.3 Å². The maximum atomic E-state index is 11.3. The molecular weight excluding hydrogens is 388 g/mol. The minimum atomic E-state index is -3.21. The summed E-state index contributed by atoms with van der Waals surface area (Å²) in [5, 5.41) is 4.45. The maximum absolute atomic E-state index is 11.3. The zero-order chi connectivity index (χ0) is 20.4. The van der Waals surface area contributed by atoms with Gasteiger partial charge in [-0.3, -0.25) is 4.72 Å². The highest BCUT2D eigenvalue weighted by molar-refractivity contribution is 7.92. The van der Waals surface area contributed by atoms with Crippen LogP contribution in [0.4, 0.5) is 5.69 Å². The Morgan fingerprint density at radius 1 is 1.07 bits per heavy atom. The van der Waals surface area contributed by atoms with E-state index in [0.717, 1.165) is 32.4 Å². The summed E-state index contributed by atoms with van der Waals surface area (Å²) in [5.74, 6) is 0. The molecule has 28 heavy (non-hydrogen) atoms. The third-order valence-electron chi connectivity index (χ3n) is 5.01. The van der Waals surface area contributed by atoms with Crippen molar-refractivity contribution in [3.8, 4) is 0 Å². The van der Waals surface area contributed by atoms with Gasteiger partial charge in [0.05, 0.1) is 6.26 Å². The molecule has 0 aliphatic rings. The Kier molecular flexibility index (Phi) is 9.48. The van der Waals surface area contributed by atoms with Gasteiger partial charge in [-0.15, -0.1) is 0 Å². The van der Waals surface area contributed by atoms with E-state index < -0.39 is 10.0 Å². The number of sulfonamides is 1. The highest BCUT2D eigenvalue weighted by Crippen LogP contribution is 2.18. The van der Waals surface area contributed by atoms with Crippen molar-refractivity contribution in [3.63, 3.8) is 0 Å². The first-order valence-electron chi connectivity index (χ1n) is 10.2. The summed E-state index contributed by atoms with van der Waals surface area (Å²) >= 11 is 1.79. The Labute approximate surface area is 175 Å². The summed E-state index contributed by atoms with van der Waals surface area (Å²) in [6.45, 7) is 6.78. The fourth-order valence-electron chi connectivity index (χ4n) is 3.62. The molecule has 0 amide bonds. The molecule has 0 bridgehead atoms. The normalized spacial score (nSPS) is 13.0. The van der Waals surface area contributed by atoms with Crippen molar-refractivity contribution < 1.29 is 8.42 Å². The summed E-state index contributed by atoms with van der Waals surface area (Å²) < 4.78 is 25.1. The number of hydrogen-bond acceptors (Lipinski definition) is 4.